The van der Waals surface area contributed by atoms with Crippen molar-refractivity contribution in [1.82, 2.24) is 4.90 Å². The maximum atomic E-state index is 11.7. The van der Waals surface area contributed by atoms with Gasteiger partial charge in [0.15, 0.2) is 5.60 Å². The van der Waals surface area contributed by atoms with E-state index in [2.05, 4.69) is 4.90 Å². The van der Waals surface area contributed by atoms with E-state index in [1.807, 2.05) is 6.92 Å². The van der Waals surface area contributed by atoms with Crippen molar-refractivity contribution in [3.8, 4) is 0 Å². The van der Waals surface area contributed by atoms with E-state index in [9.17, 15) is 4.57 Å². The molecule has 6 heteroatoms. The van der Waals surface area contributed by atoms with Crippen molar-refractivity contribution in [3.63, 3.8) is 0 Å². The summed E-state index contributed by atoms with van der Waals surface area (Å²) in [6, 6.07) is 0. The second-order valence-corrected chi connectivity index (χ2v) is 6.11. The van der Waals surface area contributed by atoms with Gasteiger partial charge < -0.3 is 0 Å². The van der Waals surface area contributed by atoms with Gasteiger partial charge in [0.05, 0.1) is 0 Å². The molecule has 0 N–H and O–H groups in total. The SMILES string of the molecule is CC12OP3(=O)OC1(O3)N1CCC2CC1. The molecule has 6 saturated heterocycles. The first-order valence-electron chi connectivity index (χ1n) is 5.05. The van der Waals surface area contributed by atoms with Gasteiger partial charge in [-0.3, -0.25) is 4.52 Å². The van der Waals surface area contributed by atoms with Gasteiger partial charge in [-0.05, 0) is 25.7 Å². The summed E-state index contributed by atoms with van der Waals surface area (Å²) < 4.78 is 28.0. The van der Waals surface area contributed by atoms with Crippen LogP contribution in [-0.2, 0) is 18.1 Å². The molecule has 1 atom stereocenters. The molecule has 6 fully saturated rings. The Morgan fingerprint density at radius 3 is 2.50 bits per heavy atom. The van der Waals surface area contributed by atoms with Crippen LogP contribution in [0.2, 0.25) is 0 Å². The minimum atomic E-state index is -3.16. The maximum Gasteiger partial charge on any atom is 0.483 e. The number of piperidine rings is 3. The molecule has 78 valence electrons. The highest BCUT2D eigenvalue weighted by Crippen LogP contribution is 2.81. The van der Waals surface area contributed by atoms with Gasteiger partial charge in [0.1, 0.15) is 0 Å². The van der Waals surface area contributed by atoms with Crippen molar-refractivity contribution in [3.05, 3.63) is 0 Å². The highest BCUT2D eigenvalue weighted by molar-refractivity contribution is 7.50. The van der Waals surface area contributed by atoms with Crippen molar-refractivity contribution in [2.75, 3.05) is 13.1 Å². The Morgan fingerprint density at radius 1 is 1.29 bits per heavy atom. The quantitative estimate of drug-likeness (QED) is 0.572. The van der Waals surface area contributed by atoms with Crippen LogP contribution in [0, 0.1) is 5.92 Å². The zero-order chi connectivity index (χ0) is 9.60. The maximum absolute atomic E-state index is 11.7. The molecule has 0 saturated carbocycles. The predicted molar refractivity (Wildman–Crippen MR) is 46.3 cm³/mol. The Labute approximate surface area is 81.9 Å². The van der Waals surface area contributed by atoms with E-state index in [1.165, 1.54) is 0 Å². The van der Waals surface area contributed by atoms with Crippen LogP contribution in [0.4, 0.5) is 0 Å². The first-order chi connectivity index (χ1) is 6.58. The smallest absolute Gasteiger partial charge is 0.273 e. The molecule has 0 aromatic carbocycles. The van der Waals surface area contributed by atoms with Crippen LogP contribution in [-0.4, -0.2) is 29.5 Å². The van der Waals surface area contributed by atoms with E-state index >= 15 is 0 Å². The summed E-state index contributed by atoms with van der Waals surface area (Å²) in [5.74, 6) is -0.380. The number of fused-ring (bicyclic) bond motifs is 2. The van der Waals surface area contributed by atoms with Crippen LogP contribution in [0.25, 0.3) is 0 Å². The molecular formula is C8H12NO4P. The Balaban J connectivity index is 1.90. The lowest BCUT2D eigenvalue weighted by Gasteiger charge is -2.57. The number of rotatable bonds is 0. The second-order valence-electron chi connectivity index (χ2n) is 4.67. The van der Waals surface area contributed by atoms with Crippen LogP contribution < -0.4 is 0 Å². The molecule has 6 rings (SSSR count). The van der Waals surface area contributed by atoms with Crippen LogP contribution in [0.15, 0.2) is 0 Å². The van der Waals surface area contributed by atoms with Crippen LogP contribution in [0.5, 0.6) is 0 Å². The van der Waals surface area contributed by atoms with E-state index in [0.717, 1.165) is 25.9 Å². The van der Waals surface area contributed by atoms with Gasteiger partial charge in [0.25, 0.3) is 5.91 Å². The van der Waals surface area contributed by atoms with Crippen molar-refractivity contribution < 1.29 is 18.1 Å². The Kier molecular flexibility index (Phi) is 1.16. The van der Waals surface area contributed by atoms with E-state index in [0.29, 0.717) is 5.92 Å². The average Bonchev–Trinajstić information content (AvgIpc) is 2.50. The van der Waals surface area contributed by atoms with E-state index in [4.69, 9.17) is 13.6 Å². The fraction of sp³-hybridized carbons (Fsp3) is 1.00. The van der Waals surface area contributed by atoms with Gasteiger partial charge in [0, 0.05) is 13.1 Å². The fourth-order valence-electron chi connectivity index (χ4n) is 3.31. The number of phosphoric acid groups is 1. The summed E-state index contributed by atoms with van der Waals surface area (Å²) in [5.41, 5.74) is -0.501. The molecule has 0 aromatic rings. The molecule has 6 aliphatic rings. The average molecular weight is 217 g/mol. The third kappa shape index (κ3) is 0.614. The summed E-state index contributed by atoms with van der Waals surface area (Å²) in [5, 5.41) is 0. The number of hydrogen-bond donors (Lipinski definition) is 0. The third-order valence-electron chi connectivity index (χ3n) is 4.09. The molecule has 0 aliphatic carbocycles. The van der Waals surface area contributed by atoms with Crippen molar-refractivity contribution in [2.45, 2.75) is 31.3 Å². The van der Waals surface area contributed by atoms with E-state index < -0.39 is 19.3 Å². The van der Waals surface area contributed by atoms with Gasteiger partial charge in [-0.1, -0.05) is 0 Å². The fourth-order valence-corrected chi connectivity index (χ4v) is 5.32. The standard InChI is InChI=1S/C8H12NO4P/c1-7-6-2-4-9(5-3-6)8(7)12-14(10,11-7)13-8/h6H,2-5H2,1H3. The molecule has 5 nitrogen and oxygen atoms in total. The summed E-state index contributed by atoms with van der Waals surface area (Å²) in [6.45, 7) is 3.89. The minimum absolute atomic E-state index is 0.422. The van der Waals surface area contributed by atoms with Gasteiger partial charge in [-0.15, -0.1) is 0 Å². The molecule has 14 heavy (non-hydrogen) atoms. The number of nitrogens with zero attached hydrogens (tertiary/aromatic N) is 1. The van der Waals surface area contributed by atoms with Crippen LogP contribution >= 0.6 is 7.82 Å². The highest BCUT2D eigenvalue weighted by Gasteiger charge is 2.83. The molecule has 0 amide bonds. The van der Waals surface area contributed by atoms with Crippen molar-refractivity contribution >= 4 is 7.82 Å². The van der Waals surface area contributed by atoms with Gasteiger partial charge in [-0.2, -0.15) is 0 Å². The van der Waals surface area contributed by atoms with Gasteiger partial charge in [-0.25, -0.2) is 18.5 Å². The molecule has 1 unspecified atom stereocenters. The summed E-state index contributed by atoms with van der Waals surface area (Å²) in [7, 11) is -3.16. The zero-order valence-corrected chi connectivity index (χ0v) is 8.83. The minimum Gasteiger partial charge on any atom is -0.273 e. The van der Waals surface area contributed by atoms with Crippen LogP contribution in [0.1, 0.15) is 19.8 Å². The first kappa shape index (κ1) is 8.25. The summed E-state index contributed by atoms with van der Waals surface area (Å²) in [6.07, 6.45) is 2.18. The van der Waals surface area contributed by atoms with Crippen molar-refractivity contribution in [2.24, 2.45) is 5.92 Å². The number of hydrogen-bond acceptors (Lipinski definition) is 5. The van der Waals surface area contributed by atoms with E-state index in [1.54, 1.807) is 0 Å². The lowest BCUT2D eigenvalue weighted by molar-refractivity contribution is -0.342. The summed E-state index contributed by atoms with van der Waals surface area (Å²) >= 11 is 0. The molecule has 1 spiro atoms. The van der Waals surface area contributed by atoms with Gasteiger partial charge >= 0.3 is 7.82 Å². The highest BCUT2D eigenvalue weighted by atomic mass is 31.2. The first-order valence-corrected chi connectivity index (χ1v) is 6.51. The topological polar surface area (TPSA) is 48.0 Å². The van der Waals surface area contributed by atoms with Crippen molar-refractivity contribution in [1.29, 1.82) is 0 Å². The molecule has 6 heterocycles. The van der Waals surface area contributed by atoms with E-state index in [-0.39, 0.29) is 0 Å². The largest absolute Gasteiger partial charge is 0.483 e. The predicted octanol–water partition coefficient (Wildman–Crippen LogP) is 1.31. The molecular weight excluding hydrogens is 205 g/mol. The third-order valence-corrected chi connectivity index (χ3v) is 5.64. The molecule has 6 aliphatic heterocycles. The molecule has 0 radical (unpaired) electrons. The Hall–Kier alpha value is 0.0700. The Morgan fingerprint density at radius 2 is 1.93 bits per heavy atom. The zero-order valence-electron chi connectivity index (χ0n) is 7.93. The summed E-state index contributed by atoms with van der Waals surface area (Å²) in [4.78, 5) is 2.12. The normalized spacial score (nSPS) is 68.9. The monoisotopic (exact) mass is 217 g/mol. The molecule has 0 aromatic heterocycles. The number of phosphoric ester groups is 1. The molecule has 4 bridgehead atoms. The Bertz CT molecular complexity index is 342. The van der Waals surface area contributed by atoms with Crippen LogP contribution in [0.3, 0.4) is 0 Å². The lowest BCUT2D eigenvalue weighted by Crippen LogP contribution is -2.73. The second kappa shape index (κ2) is 1.97. The van der Waals surface area contributed by atoms with Gasteiger partial charge in [0.2, 0.25) is 0 Å². The lowest BCUT2D eigenvalue weighted by atomic mass is 9.73.